The van der Waals surface area contributed by atoms with Gasteiger partial charge in [0.25, 0.3) is 17.7 Å². The molecule has 3 aliphatic heterocycles. The van der Waals surface area contributed by atoms with Gasteiger partial charge < -0.3 is 59.1 Å². The fourth-order valence-corrected chi connectivity index (χ4v) is 9.12. The summed E-state index contributed by atoms with van der Waals surface area (Å²) in [5.74, 6) is -1.07. The van der Waals surface area contributed by atoms with Gasteiger partial charge in [0.1, 0.15) is 17.2 Å². The minimum atomic E-state index is -0.539. The molecule has 426 valence electrons. The SMILES string of the molecule is Cc1ccc(NC(=O)c2cc(Cl)ccc2OC(=O)N2CCOCC2)c(Cl)c1.Cc1ccc(NC(=O)c2cc(Cl)ccc2OC(=O)N2CCOCC2)c(Cl)c1.Cc1ccc(NC(=O)c2cc(Cl)ccc2OC(=O)N2CCOCC2)c(Cl)c1. The first kappa shape index (κ1) is 61.8. The highest BCUT2D eigenvalue weighted by Gasteiger charge is 2.26. The highest BCUT2D eigenvalue weighted by molar-refractivity contribution is 6.35. The Bertz CT molecular complexity index is 2940. The van der Waals surface area contributed by atoms with Crippen molar-refractivity contribution in [1.29, 1.82) is 0 Å². The number of carbonyl (C=O) groups is 6. The Morgan fingerprint density at radius 1 is 0.370 bits per heavy atom. The summed E-state index contributed by atoms with van der Waals surface area (Å²) in [5.41, 5.74) is 4.71. The third-order valence-electron chi connectivity index (χ3n) is 12.1. The van der Waals surface area contributed by atoms with Crippen LogP contribution in [-0.4, -0.2) is 130 Å². The van der Waals surface area contributed by atoms with E-state index in [4.69, 9.17) is 98.0 Å². The largest absolute Gasteiger partial charge is 0.415 e. The molecule has 0 atom stereocenters. The number of benzene rings is 6. The minimum absolute atomic E-state index is 0.122. The third-order valence-corrected chi connectivity index (χ3v) is 13.7. The summed E-state index contributed by atoms with van der Waals surface area (Å²) in [6.45, 7) is 11.0. The molecule has 6 amide bonds. The number of anilines is 3. The number of hydrogen-bond acceptors (Lipinski definition) is 12. The Morgan fingerprint density at radius 2 is 0.617 bits per heavy atom. The molecular weight excluding hydrogens is 1170 g/mol. The van der Waals surface area contributed by atoms with Crippen LogP contribution in [0.3, 0.4) is 0 Å². The van der Waals surface area contributed by atoms with Crippen LogP contribution >= 0.6 is 69.6 Å². The van der Waals surface area contributed by atoms with Gasteiger partial charge in [0.2, 0.25) is 0 Å². The topological polar surface area (TPSA) is 204 Å². The molecule has 3 saturated heterocycles. The number of aryl methyl sites for hydroxylation is 3. The zero-order valence-electron chi connectivity index (χ0n) is 43.9. The smallest absolute Gasteiger partial charge is 0.409 e. The average molecular weight is 1230 g/mol. The normalized spacial score (nSPS) is 14.0. The second kappa shape index (κ2) is 29.7. The van der Waals surface area contributed by atoms with Gasteiger partial charge in [0.15, 0.2) is 0 Å². The van der Waals surface area contributed by atoms with E-state index in [1.165, 1.54) is 51.1 Å². The number of hydrogen-bond donors (Lipinski definition) is 3. The van der Waals surface area contributed by atoms with E-state index in [-0.39, 0.29) is 33.9 Å². The summed E-state index contributed by atoms with van der Waals surface area (Å²) in [6.07, 6.45) is -1.62. The van der Waals surface area contributed by atoms with Gasteiger partial charge in [-0.2, -0.15) is 0 Å². The Morgan fingerprint density at radius 3 is 0.852 bits per heavy atom. The highest BCUT2D eigenvalue weighted by atomic mass is 35.5. The van der Waals surface area contributed by atoms with E-state index in [1.807, 2.05) is 39.0 Å². The number of carbonyl (C=O) groups excluding carboxylic acids is 6. The summed E-state index contributed by atoms with van der Waals surface area (Å²) >= 11 is 36.6. The van der Waals surface area contributed by atoms with Crippen LogP contribution < -0.4 is 30.2 Å². The van der Waals surface area contributed by atoms with Crippen LogP contribution in [0.4, 0.5) is 31.4 Å². The molecule has 0 aromatic heterocycles. The second-order valence-corrected chi connectivity index (χ2v) is 20.7. The first-order valence-electron chi connectivity index (χ1n) is 25.1. The molecule has 18 nitrogen and oxygen atoms in total. The monoisotopic (exact) mass is 1220 g/mol. The fourth-order valence-electron chi connectivity index (χ4n) is 7.75. The molecule has 0 aliphatic carbocycles. The summed E-state index contributed by atoms with van der Waals surface area (Å²) < 4.78 is 31.9. The van der Waals surface area contributed by atoms with Crippen molar-refractivity contribution in [2.75, 3.05) is 94.9 Å². The maximum Gasteiger partial charge on any atom is 0.415 e. The molecule has 9 rings (SSSR count). The zero-order chi connectivity index (χ0) is 58.2. The van der Waals surface area contributed by atoms with E-state index >= 15 is 0 Å². The lowest BCUT2D eigenvalue weighted by Crippen LogP contribution is -2.42. The summed E-state index contributed by atoms with van der Waals surface area (Å²) in [5, 5.41) is 10.4. The van der Waals surface area contributed by atoms with E-state index in [1.54, 1.807) is 54.6 Å². The third kappa shape index (κ3) is 18.1. The molecule has 0 saturated carbocycles. The van der Waals surface area contributed by atoms with Gasteiger partial charge in [0, 0.05) is 54.3 Å². The number of ether oxygens (including phenoxy) is 6. The lowest BCUT2D eigenvalue weighted by atomic mass is 10.1. The maximum absolute atomic E-state index is 12.7. The number of amides is 6. The Hall–Kier alpha value is -6.84. The molecule has 0 unspecified atom stereocenters. The average Bonchev–Trinajstić information content (AvgIpc) is 3.45. The van der Waals surface area contributed by atoms with E-state index in [0.29, 0.717) is 126 Å². The number of rotatable bonds is 9. The van der Waals surface area contributed by atoms with Crippen LogP contribution in [0.25, 0.3) is 0 Å². The van der Waals surface area contributed by atoms with Crippen molar-refractivity contribution in [3.05, 3.63) is 173 Å². The van der Waals surface area contributed by atoms with Crippen molar-refractivity contribution in [1.82, 2.24) is 14.7 Å². The number of halogens is 6. The van der Waals surface area contributed by atoms with Gasteiger partial charge in [-0.15, -0.1) is 0 Å². The van der Waals surface area contributed by atoms with E-state index in [2.05, 4.69) is 16.0 Å². The molecule has 3 aliphatic rings. The summed E-state index contributed by atoms with van der Waals surface area (Å²) in [6, 6.07) is 29.3. The minimum Gasteiger partial charge on any atom is -0.409 e. The van der Waals surface area contributed by atoms with E-state index < -0.39 is 36.0 Å². The number of nitrogens with zero attached hydrogens (tertiary/aromatic N) is 3. The van der Waals surface area contributed by atoms with Crippen LogP contribution in [0.2, 0.25) is 30.1 Å². The Balaban J connectivity index is 0.000000175. The quantitative estimate of drug-likeness (QED) is 0.124. The van der Waals surface area contributed by atoms with Crippen molar-refractivity contribution in [2.45, 2.75) is 20.8 Å². The van der Waals surface area contributed by atoms with E-state index in [0.717, 1.165) is 16.7 Å². The standard InChI is InChI=1S/3C19H18Cl2N2O4/c3*1-12-2-4-16(15(21)10-12)22-18(24)14-11-13(20)3-5-17(14)27-19(25)23-6-8-26-9-7-23/h3*2-5,10-11H,6-9H2,1H3,(H,22,24). The molecule has 0 spiro atoms. The lowest BCUT2D eigenvalue weighted by molar-refractivity contribution is 0.0414. The van der Waals surface area contributed by atoms with Gasteiger partial charge in [-0.1, -0.05) is 87.8 Å². The van der Waals surface area contributed by atoms with Crippen LogP contribution in [0, 0.1) is 20.8 Å². The Kier molecular flexibility index (Phi) is 22.7. The van der Waals surface area contributed by atoms with E-state index in [9.17, 15) is 28.8 Å². The second-order valence-electron chi connectivity index (χ2n) is 18.1. The molecule has 3 fully saturated rings. The predicted octanol–water partition coefficient (Wildman–Crippen LogP) is 13.2. The highest BCUT2D eigenvalue weighted by Crippen LogP contribution is 2.31. The Labute approximate surface area is 497 Å². The molecular formula is C57H54Cl6N6O12. The molecule has 6 aromatic carbocycles. The van der Waals surface area contributed by atoms with Gasteiger partial charge in [-0.25, -0.2) is 14.4 Å². The van der Waals surface area contributed by atoms with Crippen LogP contribution in [-0.2, 0) is 14.2 Å². The van der Waals surface area contributed by atoms with Gasteiger partial charge in [-0.3, -0.25) is 14.4 Å². The molecule has 24 heteroatoms. The van der Waals surface area contributed by atoms with Crippen molar-refractivity contribution >= 4 is 123 Å². The lowest BCUT2D eigenvalue weighted by Gasteiger charge is -2.26. The molecule has 3 N–H and O–H groups in total. The summed E-state index contributed by atoms with van der Waals surface area (Å²) in [7, 11) is 0. The number of nitrogens with one attached hydrogen (secondary N) is 3. The fraction of sp³-hybridized carbons (Fsp3) is 0.263. The molecule has 81 heavy (non-hydrogen) atoms. The summed E-state index contributed by atoms with van der Waals surface area (Å²) in [4.78, 5) is 79.8. The maximum atomic E-state index is 12.7. The first-order chi connectivity index (χ1) is 38.8. The molecule has 0 radical (unpaired) electrons. The first-order valence-corrected chi connectivity index (χ1v) is 27.3. The molecule has 0 bridgehead atoms. The van der Waals surface area contributed by atoms with Crippen LogP contribution in [0.15, 0.2) is 109 Å². The molecule has 6 aromatic rings. The van der Waals surface area contributed by atoms with Gasteiger partial charge >= 0.3 is 18.3 Å². The van der Waals surface area contributed by atoms with Crippen molar-refractivity contribution in [2.24, 2.45) is 0 Å². The van der Waals surface area contributed by atoms with Gasteiger partial charge in [-0.05, 0) is 128 Å². The van der Waals surface area contributed by atoms with Crippen molar-refractivity contribution in [3.63, 3.8) is 0 Å². The predicted molar refractivity (Wildman–Crippen MR) is 312 cm³/mol. The van der Waals surface area contributed by atoms with Crippen LogP contribution in [0.5, 0.6) is 17.2 Å². The zero-order valence-corrected chi connectivity index (χ0v) is 48.4. The number of morpholine rings is 3. The van der Waals surface area contributed by atoms with Crippen LogP contribution in [0.1, 0.15) is 47.8 Å². The van der Waals surface area contributed by atoms with Crippen molar-refractivity contribution < 1.29 is 57.2 Å². The molecule has 3 heterocycles. The van der Waals surface area contributed by atoms with Gasteiger partial charge in [0.05, 0.1) is 88.5 Å². The van der Waals surface area contributed by atoms with Crippen molar-refractivity contribution in [3.8, 4) is 17.2 Å².